The van der Waals surface area contributed by atoms with E-state index in [-0.39, 0.29) is 6.42 Å². The highest BCUT2D eigenvalue weighted by molar-refractivity contribution is 5.77. The van der Waals surface area contributed by atoms with Crippen molar-refractivity contribution in [1.29, 1.82) is 0 Å². The number of nitrogens with two attached hydrogens (primary N) is 1. The number of esters is 1. The molecule has 2 N–H and O–H groups in total. The normalized spacial score (nSPS) is 16.8. The van der Waals surface area contributed by atoms with Gasteiger partial charge in [0.15, 0.2) is 0 Å². The summed E-state index contributed by atoms with van der Waals surface area (Å²) in [4.78, 5) is 12.0. The highest BCUT2D eigenvalue weighted by atomic mass is 19.4. The maximum Gasteiger partial charge on any atom is 0.434 e. The molecule has 0 radical (unpaired) electrons. The van der Waals surface area contributed by atoms with Gasteiger partial charge < -0.3 is 10.5 Å². The van der Waals surface area contributed by atoms with Crippen LogP contribution in [0, 0.1) is 11.3 Å². The van der Waals surface area contributed by atoms with Gasteiger partial charge in [0.1, 0.15) is 0 Å². The molecule has 0 saturated heterocycles. The first kappa shape index (κ1) is 21.0. The fourth-order valence-corrected chi connectivity index (χ4v) is 2.02. The van der Waals surface area contributed by atoms with E-state index in [0.717, 1.165) is 0 Å². The number of rotatable bonds is 5. The quantitative estimate of drug-likeness (QED) is 0.613. The molecule has 0 aromatic carbocycles. The standard InChI is InChI=1S/C13H21F6NO2/c1-7(2)11(5,6-10(3,4)20)9(21)22-8(12(14,15)16)13(17,18)19/h7-8H,6,20H2,1-5H3. The first-order valence-electron chi connectivity index (χ1n) is 6.54. The van der Waals surface area contributed by atoms with Crippen molar-refractivity contribution in [2.24, 2.45) is 17.1 Å². The number of alkyl halides is 6. The minimum Gasteiger partial charge on any atom is -0.442 e. The summed E-state index contributed by atoms with van der Waals surface area (Å²) >= 11 is 0. The summed E-state index contributed by atoms with van der Waals surface area (Å²) in [5.41, 5.74) is 3.20. The lowest BCUT2D eigenvalue weighted by Crippen LogP contribution is -2.51. The molecule has 9 heteroatoms. The Kier molecular flexibility index (Phi) is 5.97. The van der Waals surface area contributed by atoms with Crippen LogP contribution in [0.3, 0.4) is 0 Å². The first-order chi connectivity index (χ1) is 9.41. The van der Waals surface area contributed by atoms with Crippen molar-refractivity contribution in [1.82, 2.24) is 0 Å². The maximum absolute atomic E-state index is 12.5. The van der Waals surface area contributed by atoms with Gasteiger partial charge in [-0.2, -0.15) is 26.3 Å². The predicted octanol–water partition coefficient (Wildman–Crippen LogP) is 3.81. The van der Waals surface area contributed by atoms with Crippen LogP contribution in [0.2, 0.25) is 0 Å². The van der Waals surface area contributed by atoms with Crippen LogP contribution in [0.25, 0.3) is 0 Å². The summed E-state index contributed by atoms with van der Waals surface area (Å²) in [5.74, 6) is -2.13. The summed E-state index contributed by atoms with van der Waals surface area (Å²) in [6.07, 6.45) is -15.7. The van der Waals surface area contributed by atoms with Crippen LogP contribution in [0.15, 0.2) is 0 Å². The summed E-state index contributed by atoms with van der Waals surface area (Å²) in [6, 6.07) is 0. The van der Waals surface area contributed by atoms with E-state index in [1.54, 1.807) is 0 Å². The molecule has 0 aliphatic rings. The molecular formula is C13H21F6NO2. The van der Waals surface area contributed by atoms with Gasteiger partial charge in [-0.15, -0.1) is 0 Å². The molecule has 1 atom stereocenters. The van der Waals surface area contributed by atoms with E-state index in [1.165, 1.54) is 34.6 Å². The maximum atomic E-state index is 12.5. The molecule has 0 aromatic heterocycles. The Morgan fingerprint density at radius 3 is 1.59 bits per heavy atom. The van der Waals surface area contributed by atoms with Crippen LogP contribution in [-0.4, -0.2) is 30.0 Å². The zero-order valence-corrected chi connectivity index (χ0v) is 13.0. The van der Waals surface area contributed by atoms with E-state index < -0.39 is 41.3 Å². The van der Waals surface area contributed by atoms with Crippen molar-refractivity contribution in [3.63, 3.8) is 0 Å². The molecular weight excluding hydrogens is 316 g/mol. The van der Waals surface area contributed by atoms with Crippen molar-refractivity contribution in [2.75, 3.05) is 0 Å². The van der Waals surface area contributed by atoms with Gasteiger partial charge in [0.2, 0.25) is 0 Å². The number of hydrogen-bond acceptors (Lipinski definition) is 3. The van der Waals surface area contributed by atoms with Crippen molar-refractivity contribution in [3.8, 4) is 0 Å². The van der Waals surface area contributed by atoms with E-state index in [1.807, 2.05) is 0 Å². The topological polar surface area (TPSA) is 52.3 Å². The molecule has 3 nitrogen and oxygen atoms in total. The SMILES string of the molecule is CC(C)C(C)(CC(C)(C)N)C(=O)OC(C(F)(F)F)C(F)(F)F. The Morgan fingerprint density at radius 2 is 1.36 bits per heavy atom. The third-order valence-electron chi connectivity index (χ3n) is 3.38. The molecule has 22 heavy (non-hydrogen) atoms. The van der Waals surface area contributed by atoms with Gasteiger partial charge in [-0.1, -0.05) is 13.8 Å². The predicted molar refractivity (Wildman–Crippen MR) is 67.8 cm³/mol. The second kappa shape index (κ2) is 6.25. The fourth-order valence-electron chi connectivity index (χ4n) is 2.02. The zero-order valence-electron chi connectivity index (χ0n) is 13.0. The average molecular weight is 337 g/mol. The molecule has 0 bridgehead atoms. The summed E-state index contributed by atoms with van der Waals surface area (Å²) in [5, 5.41) is 0. The van der Waals surface area contributed by atoms with Crippen LogP contribution < -0.4 is 5.73 Å². The lowest BCUT2D eigenvalue weighted by molar-refractivity contribution is -0.316. The molecule has 1 unspecified atom stereocenters. The Bertz CT molecular complexity index is 383. The lowest BCUT2D eigenvalue weighted by atomic mass is 9.71. The molecule has 0 heterocycles. The Labute approximate surface area is 125 Å². The third kappa shape index (κ3) is 5.66. The summed E-state index contributed by atoms with van der Waals surface area (Å²) in [6.45, 7) is 7.29. The number of carbonyl (C=O) groups excluding carboxylic acids is 1. The molecule has 0 spiro atoms. The average Bonchev–Trinajstić information content (AvgIpc) is 2.19. The van der Waals surface area contributed by atoms with Gasteiger partial charge in [-0.05, 0) is 33.1 Å². The van der Waals surface area contributed by atoms with Gasteiger partial charge >= 0.3 is 18.3 Å². The molecule has 0 aromatic rings. The second-order valence-corrected chi connectivity index (χ2v) is 6.61. The monoisotopic (exact) mass is 337 g/mol. The van der Waals surface area contributed by atoms with Crippen molar-refractivity contribution >= 4 is 5.97 Å². The zero-order chi connectivity index (χ0) is 18.1. The van der Waals surface area contributed by atoms with Crippen LogP contribution in [-0.2, 0) is 9.53 Å². The Balaban J connectivity index is 5.51. The van der Waals surface area contributed by atoms with Crippen LogP contribution in [0.1, 0.15) is 41.0 Å². The highest BCUT2D eigenvalue weighted by Crippen LogP contribution is 2.41. The van der Waals surface area contributed by atoms with Crippen molar-refractivity contribution < 1.29 is 35.9 Å². The van der Waals surface area contributed by atoms with Crippen molar-refractivity contribution in [2.45, 2.75) is 65.0 Å². The molecule has 0 amide bonds. The number of halogens is 6. The van der Waals surface area contributed by atoms with Crippen molar-refractivity contribution in [3.05, 3.63) is 0 Å². The van der Waals surface area contributed by atoms with Gasteiger partial charge in [-0.25, -0.2) is 0 Å². The van der Waals surface area contributed by atoms with E-state index in [2.05, 4.69) is 4.74 Å². The van der Waals surface area contributed by atoms with E-state index in [0.29, 0.717) is 0 Å². The number of hydrogen-bond donors (Lipinski definition) is 1. The molecule has 0 aliphatic heterocycles. The Morgan fingerprint density at radius 1 is 1.00 bits per heavy atom. The number of carbonyl (C=O) groups is 1. The summed E-state index contributed by atoms with van der Waals surface area (Å²) < 4.78 is 78.7. The molecule has 0 fully saturated rings. The van der Waals surface area contributed by atoms with E-state index in [4.69, 9.17) is 5.73 Å². The van der Waals surface area contributed by atoms with Gasteiger partial charge in [0.25, 0.3) is 6.10 Å². The first-order valence-corrected chi connectivity index (χ1v) is 6.54. The Hall–Kier alpha value is -0.990. The van der Waals surface area contributed by atoms with E-state index >= 15 is 0 Å². The smallest absolute Gasteiger partial charge is 0.434 e. The third-order valence-corrected chi connectivity index (χ3v) is 3.38. The van der Waals surface area contributed by atoms with Crippen LogP contribution in [0.4, 0.5) is 26.3 Å². The minimum absolute atomic E-state index is 0.126. The highest BCUT2D eigenvalue weighted by Gasteiger charge is 2.61. The molecule has 0 saturated carbocycles. The van der Waals surface area contributed by atoms with Gasteiger partial charge in [-0.3, -0.25) is 4.79 Å². The largest absolute Gasteiger partial charge is 0.442 e. The minimum atomic E-state index is -5.73. The van der Waals surface area contributed by atoms with Crippen LogP contribution >= 0.6 is 0 Å². The lowest BCUT2D eigenvalue weighted by Gasteiger charge is -2.38. The van der Waals surface area contributed by atoms with E-state index in [9.17, 15) is 31.1 Å². The second-order valence-electron chi connectivity index (χ2n) is 6.61. The number of ether oxygens (including phenoxy) is 1. The van der Waals surface area contributed by atoms with Gasteiger partial charge in [0.05, 0.1) is 5.41 Å². The van der Waals surface area contributed by atoms with Crippen LogP contribution in [0.5, 0.6) is 0 Å². The molecule has 132 valence electrons. The van der Waals surface area contributed by atoms with Gasteiger partial charge in [0, 0.05) is 5.54 Å². The molecule has 0 aliphatic carbocycles. The molecule has 0 rings (SSSR count). The fraction of sp³-hybridized carbons (Fsp3) is 0.923. The summed E-state index contributed by atoms with van der Waals surface area (Å²) in [7, 11) is 0.